The quantitative estimate of drug-likeness (QED) is 0.694. The fraction of sp³-hybridized carbons (Fsp3) is 0.500. The summed E-state index contributed by atoms with van der Waals surface area (Å²) in [5.74, 6) is 0.559. The Bertz CT molecular complexity index is 312. The summed E-state index contributed by atoms with van der Waals surface area (Å²) in [7, 11) is 4.06. The van der Waals surface area contributed by atoms with Crippen LogP contribution in [-0.2, 0) is 0 Å². The third-order valence-electron chi connectivity index (χ3n) is 2.14. The van der Waals surface area contributed by atoms with E-state index in [2.05, 4.69) is 4.90 Å². The summed E-state index contributed by atoms with van der Waals surface area (Å²) in [6.45, 7) is 3.52. The molecular weight excluding hydrogens is 193 g/mol. The Balaban J connectivity index is 2.37. The number of ether oxygens (including phenoxy) is 1. The van der Waals surface area contributed by atoms with Gasteiger partial charge in [-0.2, -0.15) is 0 Å². The van der Waals surface area contributed by atoms with Crippen LogP contribution in [0.3, 0.4) is 0 Å². The predicted octanol–water partition coefficient (Wildman–Crippen LogP) is 2.46. The molecule has 0 aliphatic rings. The third kappa shape index (κ3) is 4.30. The van der Waals surface area contributed by atoms with Crippen molar-refractivity contribution < 1.29 is 9.13 Å². The highest BCUT2D eigenvalue weighted by Crippen LogP contribution is 2.18. The molecule has 0 spiro atoms. The highest BCUT2D eigenvalue weighted by atomic mass is 19.1. The summed E-state index contributed by atoms with van der Waals surface area (Å²) in [6, 6.07) is 4.59. The topological polar surface area (TPSA) is 12.5 Å². The maximum absolute atomic E-state index is 12.8. The van der Waals surface area contributed by atoms with Crippen LogP contribution in [0.25, 0.3) is 0 Å². The Labute approximate surface area is 90.7 Å². The third-order valence-corrected chi connectivity index (χ3v) is 2.14. The van der Waals surface area contributed by atoms with E-state index in [9.17, 15) is 4.39 Å². The lowest BCUT2D eigenvalue weighted by molar-refractivity contribution is 0.280. The van der Waals surface area contributed by atoms with E-state index in [1.54, 1.807) is 6.07 Å². The standard InChI is InChI=1S/C12H18FNO/c1-10-9-11(13)5-6-12(10)15-8-4-7-14(2)3/h5-6,9H,4,7-8H2,1-3H3. The van der Waals surface area contributed by atoms with Gasteiger partial charge in [-0.25, -0.2) is 4.39 Å². The highest BCUT2D eigenvalue weighted by molar-refractivity contribution is 5.32. The van der Waals surface area contributed by atoms with Crippen molar-refractivity contribution in [3.63, 3.8) is 0 Å². The molecule has 3 heteroatoms. The Morgan fingerprint density at radius 2 is 2.07 bits per heavy atom. The van der Waals surface area contributed by atoms with Gasteiger partial charge in [0.05, 0.1) is 6.61 Å². The number of hydrogen-bond donors (Lipinski definition) is 0. The van der Waals surface area contributed by atoms with Crippen LogP contribution < -0.4 is 4.74 Å². The van der Waals surface area contributed by atoms with E-state index in [1.807, 2.05) is 21.0 Å². The smallest absolute Gasteiger partial charge is 0.123 e. The van der Waals surface area contributed by atoms with Crippen molar-refractivity contribution in [2.24, 2.45) is 0 Å². The SMILES string of the molecule is Cc1cc(F)ccc1OCCCN(C)C. The van der Waals surface area contributed by atoms with E-state index in [0.717, 1.165) is 24.3 Å². The van der Waals surface area contributed by atoms with Crippen molar-refractivity contribution in [1.29, 1.82) is 0 Å². The molecule has 0 unspecified atom stereocenters. The zero-order valence-electron chi connectivity index (χ0n) is 9.59. The Morgan fingerprint density at radius 1 is 1.33 bits per heavy atom. The molecule has 0 aliphatic carbocycles. The first-order chi connectivity index (χ1) is 7.09. The van der Waals surface area contributed by atoms with Gasteiger partial charge in [-0.3, -0.25) is 0 Å². The van der Waals surface area contributed by atoms with Crippen molar-refractivity contribution in [3.05, 3.63) is 29.6 Å². The van der Waals surface area contributed by atoms with Gasteiger partial charge in [-0.1, -0.05) is 0 Å². The summed E-state index contributed by atoms with van der Waals surface area (Å²) in [5, 5.41) is 0. The van der Waals surface area contributed by atoms with Crippen LogP contribution >= 0.6 is 0 Å². The van der Waals surface area contributed by atoms with Crippen LogP contribution in [-0.4, -0.2) is 32.1 Å². The first kappa shape index (κ1) is 12.0. The van der Waals surface area contributed by atoms with Gasteiger partial charge in [0.1, 0.15) is 11.6 Å². The Hall–Kier alpha value is -1.09. The average molecular weight is 211 g/mol. The van der Waals surface area contributed by atoms with Crippen molar-refractivity contribution >= 4 is 0 Å². The van der Waals surface area contributed by atoms with Crippen molar-refractivity contribution in [3.8, 4) is 5.75 Å². The first-order valence-corrected chi connectivity index (χ1v) is 5.13. The number of hydrogen-bond acceptors (Lipinski definition) is 2. The first-order valence-electron chi connectivity index (χ1n) is 5.13. The molecule has 2 nitrogen and oxygen atoms in total. The molecule has 15 heavy (non-hydrogen) atoms. The van der Waals surface area contributed by atoms with Gasteiger partial charge in [-0.15, -0.1) is 0 Å². The molecule has 0 saturated heterocycles. The molecule has 0 heterocycles. The van der Waals surface area contributed by atoms with E-state index in [-0.39, 0.29) is 5.82 Å². The van der Waals surface area contributed by atoms with Crippen LogP contribution in [0.5, 0.6) is 5.75 Å². The number of rotatable bonds is 5. The molecule has 0 bridgehead atoms. The lowest BCUT2D eigenvalue weighted by Gasteiger charge is -2.11. The van der Waals surface area contributed by atoms with Crippen LogP contribution in [0.2, 0.25) is 0 Å². The molecule has 1 rings (SSSR count). The number of halogens is 1. The number of benzene rings is 1. The second kappa shape index (κ2) is 5.71. The van der Waals surface area contributed by atoms with Crippen molar-refractivity contribution in [2.75, 3.05) is 27.2 Å². The van der Waals surface area contributed by atoms with Gasteiger partial charge in [0.25, 0.3) is 0 Å². The maximum atomic E-state index is 12.8. The van der Waals surface area contributed by atoms with Crippen LogP contribution in [0.15, 0.2) is 18.2 Å². The molecule has 0 N–H and O–H groups in total. The highest BCUT2D eigenvalue weighted by Gasteiger charge is 2.00. The molecule has 1 aromatic carbocycles. The number of aryl methyl sites for hydroxylation is 1. The molecular formula is C12H18FNO. The Morgan fingerprint density at radius 3 is 2.67 bits per heavy atom. The van der Waals surface area contributed by atoms with Crippen molar-refractivity contribution in [1.82, 2.24) is 4.90 Å². The molecule has 0 aromatic heterocycles. The zero-order chi connectivity index (χ0) is 11.3. The molecule has 0 saturated carbocycles. The van der Waals surface area contributed by atoms with Gasteiger partial charge >= 0.3 is 0 Å². The van der Waals surface area contributed by atoms with E-state index < -0.39 is 0 Å². The monoisotopic (exact) mass is 211 g/mol. The second-order valence-corrected chi connectivity index (χ2v) is 3.92. The molecule has 0 radical (unpaired) electrons. The minimum absolute atomic E-state index is 0.215. The second-order valence-electron chi connectivity index (χ2n) is 3.92. The molecule has 0 atom stereocenters. The minimum atomic E-state index is -0.215. The van der Waals surface area contributed by atoms with Gasteiger partial charge in [0.15, 0.2) is 0 Å². The molecule has 84 valence electrons. The molecule has 0 fully saturated rings. The average Bonchev–Trinajstić information content (AvgIpc) is 2.14. The van der Waals surface area contributed by atoms with Crippen molar-refractivity contribution in [2.45, 2.75) is 13.3 Å². The summed E-state index contributed by atoms with van der Waals surface area (Å²) in [5.41, 5.74) is 0.847. The van der Waals surface area contributed by atoms with Gasteiger partial charge in [0.2, 0.25) is 0 Å². The van der Waals surface area contributed by atoms with Gasteiger partial charge < -0.3 is 9.64 Å². The van der Waals surface area contributed by atoms with Gasteiger partial charge in [0, 0.05) is 6.54 Å². The van der Waals surface area contributed by atoms with E-state index in [4.69, 9.17) is 4.74 Å². The van der Waals surface area contributed by atoms with Crippen LogP contribution in [0, 0.1) is 12.7 Å². The fourth-order valence-corrected chi connectivity index (χ4v) is 1.34. The maximum Gasteiger partial charge on any atom is 0.123 e. The lowest BCUT2D eigenvalue weighted by Crippen LogP contribution is -2.15. The van der Waals surface area contributed by atoms with E-state index in [0.29, 0.717) is 6.61 Å². The van der Waals surface area contributed by atoms with Crippen LogP contribution in [0.1, 0.15) is 12.0 Å². The molecule has 0 aliphatic heterocycles. The fourth-order valence-electron chi connectivity index (χ4n) is 1.34. The van der Waals surface area contributed by atoms with Gasteiger partial charge in [-0.05, 0) is 51.2 Å². The van der Waals surface area contributed by atoms with E-state index in [1.165, 1.54) is 12.1 Å². The van der Waals surface area contributed by atoms with Crippen LogP contribution in [0.4, 0.5) is 4.39 Å². The largest absolute Gasteiger partial charge is 0.493 e. The molecule has 1 aromatic rings. The summed E-state index contributed by atoms with van der Waals surface area (Å²) in [6.07, 6.45) is 0.976. The summed E-state index contributed by atoms with van der Waals surface area (Å²) in [4.78, 5) is 2.11. The normalized spacial score (nSPS) is 10.7. The summed E-state index contributed by atoms with van der Waals surface area (Å²) < 4.78 is 18.3. The Kier molecular flexibility index (Phi) is 4.56. The van der Waals surface area contributed by atoms with E-state index >= 15 is 0 Å². The zero-order valence-corrected chi connectivity index (χ0v) is 9.59. The lowest BCUT2D eigenvalue weighted by atomic mass is 10.2. The number of nitrogens with zero attached hydrogens (tertiary/aromatic N) is 1. The predicted molar refractivity (Wildman–Crippen MR) is 59.8 cm³/mol. The summed E-state index contributed by atoms with van der Waals surface area (Å²) >= 11 is 0. The minimum Gasteiger partial charge on any atom is -0.493 e. The molecule has 0 amide bonds.